The second-order valence-corrected chi connectivity index (χ2v) is 5.42. The van der Waals surface area contributed by atoms with E-state index in [9.17, 15) is 9.59 Å². The highest BCUT2D eigenvalue weighted by Gasteiger charge is 2.34. The molecule has 6 heteroatoms. The fourth-order valence-corrected chi connectivity index (χ4v) is 2.36. The van der Waals surface area contributed by atoms with Crippen LogP contribution in [0.15, 0.2) is 0 Å². The van der Waals surface area contributed by atoms with E-state index in [1.54, 1.807) is 11.8 Å². The van der Waals surface area contributed by atoms with Gasteiger partial charge >= 0.3 is 5.97 Å². The minimum atomic E-state index is -0.991. The van der Waals surface area contributed by atoms with Crippen molar-refractivity contribution >= 4 is 23.6 Å². The van der Waals surface area contributed by atoms with Crippen molar-refractivity contribution in [2.24, 2.45) is 0 Å². The summed E-state index contributed by atoms with van der Waals surface area (Å²) in [6.45, 7) is 4.00. The monoisotopic (exact) mass is 261 g/mol. The highest BCUT2D eigenvalue weighted by atomic mass is 32.2. The first-order valence-electron chi connectivity index (χ1n) is 5.81. The van der Waals surface area contributed by atoms with Crippen molar-refractivity contribution in [2.75, 3.05) is 11.5 Å². The Morgan fingerprint density at radius 3 is 2.65 bits per heavy atom. The molecular formula is C11H19NO4S. The van der Waals surface area contributed by atoms with Crippen molar-refractivity contribution in [1.29, 1.82) is 0 Å². The van der Waals surface area contributed by atoms with E-state index in [1.165, 1.54) is 0 Å². The minimum absolute atomic E-state index is 0.0833. The number of aliphatic carboxylic acids is 1. The van der Waals surface area contributed by atoms with E-state index in [-0.39, 0.29) is 11.9 Å². The lowest BCUT2D eigenvalue weighted by molar-refractivity contribution is -0.151. The number of hydrogen-bond donors (Lipinski definition) is 2. The molecule has 3 unspecified atom stereocenters. The Hall–Kier alpha value is -0.750. The molecule has 1 amide bonds. The number of carbonyl (C=O) groups excluding carboxylic acids is 1. The van der Waals surface area contributed by atoms with Gasteiger partial charge in [0.1, 0.15) is 6.10 Å². The Morgan fingerprint density at radius 2 is 2.12 bits per heavy atom. The molecule has 98 valence electrons. The normalized spacial score (nSPS) is 25.5. The van der Waals surface area contributed by atoms with Gasteiger partial charge in [-0.3, -0.25) is 4.79 Å². The van der Waals surface area contributed by atoms with Crippen LogP contribution in [0.2, 0.25) is 0 Å². The molecule has 1 fully saturated rings. The Labute approximate surface area is 105 Å². The van der Waals surface area contributed by atoms with Gasteiger partial charge in [-0.25, -0.2) is 4.79 Å². The van der Waals surface area contributed by atoms with Crippen molar-refractivity contribution in [2.45, 2.75) is 44.9 Å². The summed E-state index contributed by atoms with van der Waals surface area (Å²) in [5, 5.41) is 11.6. The maximum atomic E-state index is 11.7. The van der Waals surface area contributed by atoms with Crippen LogP contribution in [-0.2, 0) is 14.3 Å². The third-order valence-electron chi connectivity index (χ3n) is 2.55. The average molecular weight is 261 g/mol. The van der Waals surface area contributed by atoms with E-state index in [4.69, 9.17) is 9.84 Å². The smallest absolute Gasteiger partial charge is 0.332 e. The van der Waals surface area contributed by atoms with Crippen LogP contribution in [0.4, 0.5) is 0 Å². The molecule has 17 heavy (non-hydrogen) atoms. The minimum Gasteiger partial charge on any atom is -0.479 e. The molecule has 0 spiro atoms. The van der Waals surface area contributed by atoms with Gasteiger partial charge in [0.05, 0.1) is 0 Å². The number of hydrogen-bond acceptors (Lipinski definition) is 4. The molecule has 1 aliphatic heterocycles. The second kappa shape index (κ2) is 6.86. The molecule has 1 saturated heterocycles. The van der Waals surface area contributed by atoms with Crippen LogP contribution in [0.25, 0.3) is 0 Å². The van der Waals surface area contributed by atoms with Gasteiger partial charge in [0.2, 0.25) is 5.91 Å². The van der Waals surface area contributed by atoms with Crippen LogP contribution in [0.5, 0.6) is 0 Å². The van der Waals surface area contributed by atoms with Gasteiger partial charge in [0.25, 0.3) is 0 Å². The lowest BCUT2D eigenvalue weighted by Gasteiger charge is -2.16. The molecule has 0 aliphatic carbocycles. The number of nitrogens with one attached hydrogen (secondary N) is 1. The van der Waals surface area contributed by atoms with Gasteiger partial charge in [-0.05, 0) is 25.5 Å². The van der Waals surface area contributed by atoms with E-state index in [0.717, 1.165) is 11.5 Å². The SMILES string of the molecule is CCSCC(C)NC(=O)C1CCC(C(=O)O)O1. The van der Waals surface area contributed by atoms with E-state index < -0.39 is 18.2 Å². The maximum absolute atomic E-state index is 11.7. The quantitative estimate of drug-likeness (QED) is 0.742. The lowest BCUT2D eigenvalue weighted by Crippen LogP contribution is -2.41. The Kier molecular flexibility index (Phi) is 5.77. The topological polar surface area (TPSA) is 75.6 Å². The molecule has 1 rings (SSSR count). The van der Waals surface area contributed by atoms with E-state index >= 15 is 0 Å². The second-order valence-electron chi connectivity index (χ2n) is 4.10. The van der Waals surface area contributed by atoms with Gasteiger partial charge in [-0.2, -0.15) is 11.8 Å². The zero-order chi connectivity index (χ0) is 12.8. The molecule has 0 bridgehead atoms. The summed E-state index contributed by atoms with van der Waals surface area (Å²) in [6.07, 6.45) is -0.543. The lowest BCUT2D eigenvalue weighted by atomic mass is 10.2. The number of ether oxygens (including phenoxy) is 1. The maximum Gasteiger partial charge on any atom is 0.332 e. The highest BCUT2D eigenvalue weighted by Crippen LogP contribution is 2.20. The summed E-state index contributed by atoms with van der Waals surface area (Å²) in [5.41, 5.74) is 0. The Balaban J connectivity index is 2.31. The zero-order valence-electron chi connectivity index (χ0n) is 10.1. The van der Waals surface area contributed by atoms with Crippen LogP contribution in [0.1, 0.15) is 26.7 Å². The van der Waals surface area contributed by atoms with Crippen molar-refractivity contribution in [1.82, 2.24) is 5.32 Å². The summed E-state index contributed by atoms with van der Waals surface area (Å²) >= 11 is 1.76. The fourth-order valence-electron chi connectivity index (χ4n) is 1.68. The predicted octanol–water partition coefficient (Wildman–Crippen LogP) is 0.876. The summed E-state index contributed by atoms with van der Waals surface area (Å²) in [5.74, 6) is 0.686. The Bertz CT molecular complexity index is 285. The van der Waals surface area contributed by atoms with Crippen molar-refractivity contribution in [3.05, 3.63) is 0 Å². The molecule has 0 saturated carbocycles. The molecule has 1 heterocycles. The first-order chi connectivity index (χ1) is 8.04. The first kappa shape index (κ1) is 14.3. The molecule has 3 atom stereocenters. The van der Waals surface area contributed by atoms with E-state index in [0.29, 0.717) is 12.8 Å². The molecule has 2 N–H and O–H groups in total. The average Bonchev–Trinajstić information content (AvgIpc) is 2.75. The number of carbonyl (C=O) groups is 2. The van der Waals surface area contributed by atoms with Gasteiger partial charge in [0, 0.05) is 11.8 Å². The summed E-state index contributed by atoms with van der Waals surface area (Å²) in [4.78, 5) is 22.4. The van der Waals surface area contributed by atoms with Crippen molar-refractivity contribution in [3.8, 4) is 0 Å². The molecule has 5 nitrogen and oxygen atoms in total. The Morgan fingerprint density at radius 1 is 1.47 bits per heavy atom. The number of rotatable bonds is 6. The predicted molar refractivity (Wildman–Crippen MR) is 66.1 cm³/mol. The molecule has 0 radical (unpaired) electrons. The standard InChI is InChI=1S/C11H19NO4S/c1-3-17-6-7(2)12-10(13)8-4-5-9(16-8)11(14)15/h7-9H,3-6H2,1-2H3,(H,12,13)(H,14,15). The van der Waals surface area contributed by atoms with Crippen LogP contribution in [-0.4, -0.2) is 46.7 Å². The number of amides is 1. The highest BCUT2D eigenvalue weighted by molar-refractivity contribution is 7.99. The van der Waals surface area contributed by atoms with Crippen molar-refractivity contribution in [3.63, 3.8) is 0 Å². The molecule has 0 aromatic heterocycles. The number of carboxylic acid groups (broad SMARTS) is 1. The molecular weight excluding hydrogens is 242 g/mol. The van der Waals surface area contributed by atoms with Gasteiger partial charge in [-0.1, -0.05) is 6.92 Å². The van der Waals surface area contributed by atoms with Gasteiger partial charge < -0.3 is 15.2 Å². The number of thioether (sulfide) groups is 1. The van der Waals surface area contributed by atoms with Crippen LogP contribution in [0, 0.1) is 0 Å². The molecule has 0 aromatic carbocycles. The first-order valence-corrected chi connectivity index (χ1v) is 6.96. The third-order valence-corrected chi connectivity index (χ3v) is 3.69. The summed E-state index contributed by atoms with van der Waals surface area (Å²) < 4.78 is 5.17. The van der Waals surface area contributed by atoms with E-state index in [1.807, 2.05) is 6.92 Å². The van der Waals surface area contributed by atoms with Crippen LogP contribution in [0.3, 0.4) is 0 Å². The van der Waals surface area contributed by atoms with Crippen LogP contribution < -0.4 is 5.32 Å². The van der Waals surface area contributed by atoms with Crippen molar-refractivity contribution < 1.29 is 19.4 Å². The van der Waals surface area contributed by atoms with E-state index in [2.05, 4.69) is 12.2 Å². The van der Waals surface area contributed by atoms with Gasteiger partial charge in [0.15, 0.2) is 6.10 Å². The summed E-state index contributed by atoms with van der Waals surface area (Å²) in [7, 11) is 0. The molecule has 0 aromatic rings. The van der Waals surface area contributed by atoms with Gasteiger partial charge in [-0.15, -0.1) is 0 Å². The third kappa shape index (κ3) is 4.55. The number of carboxylic acids is 1. The fraction of sp³-hybridized carbons (Fsp3) is 0.818. The zero-order valence-corrected chi connectivity index (χ0v) is 11.0. The molecule has 1 aliphatic rings. The summed E-state index contributed by atoms with van der Waals surface area (Å²) in [6, 6.07) is 0.0833. The largest absolute Gasteiger partial charge is 0.479 e. The van der Waals surface area contributed by atoms with Crippen LogP contribution >= 0.6 is 11.8 Å².